The van der Waals surface area contributed by atoms with Crippen molar-refractivity contribution < 1.29 is 4.74 Å². The van der Waals surface area contributed by atoms with Gasteiger partial charge in [-0.2, -0.15) is 5.26 Å². The molecule has 0 radical (unpaired) electrons. The fourth-order valence-electron chi connectivity index (χ4n) is 2.62. The Labute approximate surface area is 126 Å². The largest absolute Gasteiger partial charge is 0.383 e. The number of piperidine rings is 1. The first-order chi connectivity index (χ1) is 10.2. The van der Waals surface area contributed by atoms with E-state index in [1.54, 1.807) is 7.11 Å². The minimum absolute atomic E-state index is 0.509. The number of methoxy groups -OCH3 is 1. The average molecular weight is 288 g/mol. The summed E-state index contributed by atoms with van der Waals surface area (Å²) in [4.78, 5) is 6.79. The van der Waals surface area contributed by atoms with Crippen molar-refractivity contribution in [3.8, 4) is 6.07 Å². The smallest absolute Gasteiger partial charge is 0.145 e. The van der Waals surface area contributed by atoms with E-state index in [1.165, 1.54) is 12.8 Å². The number of likely N-dealkylation sites (tertiary alicyclic amines) is 1. The standard InChI is InChI=1S/C16H24N4O/c1-13-3-4-16(19-15(13)11-17)18-12-14-5-7-20(8-6-14)9-10-21-2/h3-4,14H,5-10,12H2,1-2H3,(H,18,19). The third-order valence-electron chi connectivity index (χ3n) is 4.09. The molecular weight excluding hydrogens is 264 g/mol. The molecule has 5 heteroatoms. The number of nitrogens with zero attached hydrogens (tertiary/aromatic N) is 3. The number of anilines is 1. The van der Waals surface area contributed by atoms with Crippen molar-refractivity contribution in [1.82, 2.24) is 9.88 Å². The lowest BCUT2D eigenvalue weighted by Gasteiger charge is -2.31. The van der Waals surface area contributed by atoms with E-state index < -0.39 is 0 Å². The van der Waals surface area contributed by atoms with Gasteiger partial charge in [0.05, 0.1) is 6.61 Å². The van der Waals surface area contributed by atoms with E-state index in [9.17, 15) is 0 Å². The molecule has 0 saturated carbocycles. The molecule has 1 aliphatic heterocycles. The maximum atomic E-state index is 9.00. The molecule has 1 fully saturated rings. The number of hydrogen-bond donors (Lipinski definition) is 1. The van der Waals surface area contributed by atoms with Crippen LogP contribution in [-0.2, 0) is 4.74 Å². The van der Waals surface area contributed by atoms with Gasteiger partial charge in [0.1, 0.15) is 17.6 Å². The second kappa shape index (κ2) is 7.96. The zero-order valence-corrected chi connectivity index (χ0v) is 12.9. The molecule has 1 aliphatic rings. The van der Waals surface area contributed by atoms with Crippen LogP contribution in [-0.4, -0.2) is 49.8 Å². The van der Waals surface area contributed by atoms with Crippen molar-refractivity contribution in [2.24, 2.45) is 5.92 Å². The molecule has 0 aromatic carbocycles. The number of aromatic nitrogens is 1. The fourth-order valence-corrected chi connectivity index (χ4v) is 2.62. The summed E-state index contributed by atoms with van der Waals surface area (Å²) < 4.78 is 5.12. The van der Waals surface area contributed by atoms with Crippen LogP contribution in [0.5, 0.6) is 0 Å². The number of pyridine rings is 1. The highest BCUT2D eigenvalue weighted by atomic mass is 16.5. The quantitative estimate of drug-likeness (QED) is 0.868. The summed E-state index contributed by atoms with van der Waals surface area (Å²) in [6.45, 7) is 6.96. The van der Waals surface area contributed by atoms with E-state index in [4.69, 9.17) is 10.00 Å². The first kappa shape index (κ1) is 15.7. The molecule has 1 aromatic rings. The number of aryl methyl sites for hydroxylation is 1. The van der Waals surface area contributed by atoms with Gasteiger partial charge in [-0.05, 0) is 50.4 Å². The Morgan fingerprint density at radius 1 is 1.43 bits per heavy atom. The number of ether oxygens (including phenoxy) is 1. The van der Waals surface area contributed by atoms with Gasteiger partial charge in [0.2, 0.25) is 0 Å². The summed E-state index contributed by atoms with van der Waals surface area (Å²) in [5, 5.41) is 12.4. The summed E-state index contributed by atoms with van der Waals surface area (Å²) in [5.41, 5.74) is 1.43. The van der Waals surface area contributed by atoms with Crippen molar-refractivity contribution in [3.63, 3.8) is 0 Å². The molecule has 1 aromatic heterocycles. The van der Waals surface area contributed by atoms with E-state index in [2.05, 4.69) is 21.3 Å². The lowest BCUT2D eigenvalue weighted by molar-refractivity contribution is 0.122. The lowest BCUT2D eigenvalue weighted by atomic mass is 9.97. The first-order valence-electron chi connectivity index (χ1n) is 7.56. The van der Waals surface area contributed by atoms with Crippen molar-refractivity contribution in [3.05, 3.63) is 23.4 Å². The van der Waals surface area contributed by atoms with E-state index in [0.29, 0.717) is 11.6 Å². The molecule has 0 aliphatic carbocycles. The Balaban J connectivity index is 1.76. The van der Waals surface area contributed by atoms with Gasteiger partial charge in [-0.15, -0.1) is 0 Å². The summed E-state index contributed by atoms with van der Waals surface area (Å²) in [5.74, 6) is 1.48. The van der Waals surface area contributed by atoms with Gasteiger partial charge >= 0.3 is 0 Å². The maximum Gasteiger partial charge on any atom is 0.145 e. The zero-order chi connectivity index (χ0) is 15.1. The van der Waals surface area contributed by atoms with Crippen LogP contribution in [0.3, 0.4) is 0 Å². The molecule has 0 amide bonds. The van der Waals surface area contributed by atoms with E-state index in [1.807, 2.05) is 19.1 Å². The van der Waals surface area contributed by atoms with E-state index in [0.717, 1.165) is 44.2 Å². The van der Waals surface area contributed by atoms with Gasteiger partial charge in [-0.3, -0.25) is 0 Å². The Hall–Kier alpha value is -1.64. The van der Waals surface area contributed by atoms with Gasteiger partial charge in [0, 0.05) is 20.2 Å². The van der Waals surface area contributed by atoms with Crippen LogP contribution in [0.2, 0.25) is 0 Å². The van der Waals surface area contributed by atoms with Gasteiger partial charge in [-0.25, -0.2) is 4.98 Å². The molecule has 21 heavy (non-hydrogen) atoms. The third-order valence-corrected chi connectivity index (χ3v) is 4.09. The molecule has 114 valence electrons. The highest BCUT2D eigenvalue weighted by Crippen LogP contribution is 2.18. The molecular formula is C16H24N4O. The zero-order valence-electron chi connectivity index (χ0n) is 12.9. The van der Waals surface area contributed by atoms with Gasteiger partial charge in [0.15, 0.2) is 0 Å². The Kier molecular flexibility index (Phi) is 5.97. The van der Waals surface area contributed by atoms with Crippen molar-refractivity contribution in [1.29, 1.82) is 5.26 Å². The number of rotatable bonds is 6. The predicted molar refractivity (Wildman–Crippen MR) is 83.2 cm³/mol. The Morgan fingerprint density at radius 2 is 2.19 bits per heavy atom. The summed E-state index contributed by atoms with van der Waals surface area (Å²) in [6, 6.07) is 6.02. The molecule has 1 saturated heterocycles. The highest BCUT2D eigenvalue weighted by Gasteiger charge is 2.18. The first-order valence-corrected chi connectivity index (χ1v) is 7.56. The summed E-state index contributed by atoms with van der Waals surface area (Å²) in [6.07, 6.45) is 2.40. The van der Waals surface area contributed by atoms with Crippen LogP contribution in [0, 0.1) is 24.2 Å². The molecule has 0 unspecified atom stereocenters. The van der Waals surface area contributed by atoms with Crippen LogP contribution < -0.4 is 5.32 Å². The monoisotopic (exact) mass is 288 g/mol. The van der Waals surface area contributed by atoms with Crippen LogP contribution in [0.4, 0.5) is 5.82 Å². The SMILES string of the molecule is COCCN1CCC(CNc2ccc(C)c(C#N)n2)CC1. The van der Waals surface area contributed by atoms with Crippen molar-refractivity contribution >= 4 is 5.82 Å². The normalized spacial score (nSPS) is 16.6. The Morgan fingerprint density at radius 3 is 2.86 bits per heavy atom. The molecule has 0 atom stereocenters. The molecule has 5 nitrogen and oxygen atoms in total. The minimum atomic E-state index is 0.509. The average Bonchev–Trinajstić information content (AvgIpc) is 2.53. The summed E-state index contributed by atoms with van der Waals surface area (Å²) in [7, 11) is 1.75. The third kappa shape index (κ3) is 4.69. The second-order valence-electron chi connectivity index (χ2n) is 5.63. The topological polar surface area (TPSA) is 61.2 Å². The Bertz CT molecular complexity index is 490. The van der Waals surface area contributed by atoms with E-state index >= 15 is 0 Å². The molecule has 0 bridgehead atoms. The number of nitriles is 1. The molecule has 1 N–H and O–H groups in total. The lowest BCUT2D eigenvalue weighted by Crippen LogP contribution is -2.37. The van der Waals surface area contributed by atoms with Crippen LogP contribution in [0.25, 0.3) is 0 Å². The van der Waals surface area contributed by atoms with E-state index in [-0.39, 0.29) is 0 Å². The molecule has 0 spiro atoms. The van der Waals surface area contributed by atoms with Gasteiger partial charge < -0.3 is 15.0 Å². The minimum Gasteiger partial charge on any atom is -0.383 e. The van der Waals surface area contributed by atoms with Gasteiger partial charge in [-0.1, -0.05) is 6.07 Å². The van der Waals surface area contributed by atoms with Crippen LogP contribution in [0.1, 0.15) is 24.1 Å². The molecule has 2 heterocycles. The maximum absolute atomic E-state index is 9.00. The van der Waals surface area contributed by atoms with Crippen LogP contribution >= 0.6 is 0 Å². The van der Waals surface area contributed by atoms with Crippen molar-refractivity contribution in [2.45, 2.75) is 19.8 Å². The second-order valence-corrected chi connectivity index (χ2v) is 5.63. The van der Waals surface area contributed by atoms with Crippen LogP contribution in [0.15, 0.2) is 12.1 Å². The fraction of sp³-hybridized carbons (Fsp3) is 0.625. The predicted octanol–water partition coefficient (Wildman–Crippen LogP) is 2.03. The molecule has 2 rings (SSSR count). The number of hydrogen-bond acceptors (Lipinski definition) is 5. The van der Waals surface area contributed by atoms with Gasteiger partial charge in [0.25, 0.3) is 0 Å². The summed E-state index contributed by atoms with van der Waals surface area (Å²) >= 11 is 0. The highest BCUT2D eigenvalue weighted by molar-refractivity contribution is 5.42. The number of nitrogens with one attached hydrogen (secondary N) is 1. The van der Waals surface area contributed by atoms with Crippen molar-refractivity contribution in [2.75, 3.05) is 45.2 Å².